The minimum absolute atomic E-state index is 0.0791. The summed E-state index contributed by atoms with van der Waals surface area (Å²) in [7, 11) is 0. The quantitative estimate of drug-likeness (QED) is 0.636. The minimum Gasteiger partial charge on any atom is -0.478 e. The molecule has 0 aromatic heterocycles. The van der Waals surface area contributed by atoms with Crippen LogP contribution in [0.15, 0.2) is 18.2 Å². The summed E-state index contributed by atoms with van der Waals surface area (Å²) in [6.45, 7) is 0. The number of amides is 2. The van der Waals surface area contributed by atoms with E-state index >= 15 is 0 Å². The van der Waals surface area contributed by atoms with Crippen LogP contribution >= 0.6 is 0 Å². The molecule has 1 aliphatic carbocycles. The molecule has 0 bridgehead atoms. The molecule has 3 rings (SSSR count). The number of anilines is 2. The van der Waals surface area contributed by atoms with Crippen molar-refractivity contribution in [3.05, 3.63) is 23.8 Å². The maximum atomic E-state index is 12.5. The van der Waals surface area contributed by atoms with Crippen molar-refractivity contribution in [2.45, 2.75) is 25.7 Å². The zero-order chi connectivity index (χ0) is 15.1. The number of rotatable bonds is 2. The zero-order valence-corrected chi connectivity index (χ0v) is 11.4. The summed E-state index contributed by atoms with van der Waals surface area (Å²) in [6, 6.07) is 4.16. The van der Waals surface area contributed by atoms with Gasteiger partial charge in [0.15, 0.2) is 0 Å². The molecule has 2 aliphatic rings. The predicted molar refractivity (Wildman–Crippen MR) is 75.8 cm³/mol. The Morgan fingerprint density at radius 1 is 1.14 bits per heavy atom. The molecule has 2 fully saturated rings. The van der Waals surface area contributed by atoms with Crippen LogP contribution in [0.25, 0.3) is 0 Å². The Morgan fingerprint density at radius 2 is 1.71 bits per heavy atom. The van der Waals surface area contributed by atoms with Crippen molar-refractivity contribution in [1.82, 2.24) is 0 Å². The van der Waals surface area contributed by atoms with Gasteiger partial charge >= 0.3 is 5.97 Å². The summed E-state index contributed by atoms with van der Waals surface area (Å²) in [4.78, 5) is 37.4. The molecular weight excluding hydrogens is 272 g/mol. The van der Waals surface area contributed by atoms with Gasteiger partial charge in [0.2, 0.25) is 11.8 Å². The van der Waals surface area contributed by atoms with Crippen molar-refractivity contribution in [2.24, 2.45) is 11.8 Å². The van der Waals surface area contributed by atoms with E-state index in [1.807, 2.05) is 0 Å². The van der Waals surface area contributed by atoms with Crippen molar-refractivity contribution in [3.63, 3.8) is 0 Å². The Labute approximate surface area is 121 Å². The summed E-state index contributed by atoms with van der Waals surface area (Å²) in [5, 5.41) is 9.26. The fraction of sp³-hybridized carbons (Fsp3) is 0.400. The van der Waals surface area contributed by atoms with E-state index in [9.17, 15) is 19.5 Å². The molecule has 1 heterocycles. The first kappa shape index (κ1) is 13.6. The number of hydrogen-bond acceptors (Lipinski definition) is 4. The van der Waals surface area contributed by atoms with Gasteiger partial charge in [0.25, 0.3) is 0 Å². The Balaban J connectivity index is 2.08. The second kappa shape index (κ2) is 4.87. The fourth-order valence-electron chi connectivity index (χ4n) is 3.31. The number of benzene rings is 1. The maximum Gasteiger partial charge on any atom is 0.337 e. The highest BCUT2D eigenvalue weighted by atomic mass is 16.4. The van der Waals surface area contributed by atoms with E-state index in [4.69, 9.17) is 5.73 Å². The highest BCUT2D eigenvalue weighted by Crippen LogP contribution is 2.41. The van der Waals surface area contributed by atoms with E-state index in [1.54, 1.807) is 0 Å². The number of nitrogens with two attached hydrogens (primary N) is 1. The molecule has 1 aliphatic heterocycles. The van der Waals surface area contributed by atoms with Gasteiger partial charge < -0.3 is 10.8 Å². The molecule has 21 heavy (non-hydrogen) atoms. The van der Waals surface area contributed by atoms with Gasteiger partial charge in [-0.25, -0.2) is 9.69 Å². The van der Waals surface area contributed by atoms with Gasteiger partial charge in [-0.2, -0.15) is 0 Å². The van der Waals surface area contributed by atoms with Crippen LogP contribution in [0.3, 0.4) is 0 Å². The highest BCUT2D eigenvalue weighted by Gasteiger charge is 2.49. The number of carbonyl (C=O) groups is 3. The molecule has 1 saturated carbocycles. The molecule has 1 saturated heterocycles. The molecule has 6 heteroatoms. The lowest BCUT2D eigenvalue weighted by Crippen LogP contribution is -2.32. The zero-order valence-electron chi connectivity index (χ0n) is 11.4. The molecule has 6 nitrogen and oxygen atoms in total. The summed E-state index contributed by atoms with van der Waals surface area (Å²) in [5.74, 6) is -2.39. The van der Waals surface area contributed by atoms with E-state index in [2.05, 4.69) is 0 Å². The number of aromatic carboxylic acids is 1. The number of imide groups is 1. The molecule has 0 radical (unpaired) electrons. The molecule has 1 aromatic rings. The molecule has 3 N–H and O–H groups in total. The Kier molecular flexibility index (Phi) is 3.16. The number of nitrogen functional groups attached to an aromatic ring is 1. The van der Waals surface area contributed by atoms with Crippen molar-refractivity contribution in [2.75, 3.05) is 10.6 Å². The molecule has 110 valence electrons. The number of carboxylic acids is 1. The van der Waals surface area contributed by atoms with Gasteiger partial charge in [-0.1, -0.05) is 12.8 Å². The predicted octanol–water partition coefficient (Wildman–Crippen LogP) is 1.65. The van der Waals surface area contributed by atoms with Crippen molar-refractivity contribution >= 4 is 29.2 Å². The second-order valence-electron chi connectivity index (χ2n) is 5.59. The first-order valence-corrected chi connectivity index (χ1v) is 7.01. The molecule has 1 aromatic carbocycles. The monoisotopic (exact) mass is 288 g/mol. The van der Waals surface area contributed by atoms with Gasteiger partial charge in [0.1, 0.15) is 0 Å². The lowest BCUT2D eigenvalue weighted by atomic mass is 9.81. The third-order valence-corrected chi connectivity index (χ3v) is 4.33. The van der Waals surface area contributed by atoms with Crippen LogP contribution in [0, 0.1) is 11.8 Å². The van der Waals surface area contributed by atoms with Crippen LogP contribution in [-0.4, -0.2) is 22.9 Å². The van der Waals surface area contributed by atoms with Crippen molar-refractivity contribution in [3.8, 4) is 0 Å². The SMILES string of the molecule is Nc1ccc(C(=O)O)c(N2C(=O)C3CCCCC3C2=O)c1. The van der Waals surface area contributed by atoms with Crippen LogP contribution in [0.1, 0.15) is 36.0 Å². The second-order valence-corrected chi connectivity index (χ2v) is 5.59. The van der Waals surface area contributed by atoms with Crippen LogP contribution in [0.5, 0.6) is 0 Å². The van der Waals surface area contributed by atoms with E-state index in [-0.39, 0.29) is 34.9 Å². The molecular formula is C15H16N2O4. The summed E-state index contributed by atoms with van der Waals surface area (Å²) < 4.78 is 0. The van der Waals surface area contributed by atoms with Gasteiger partial charge in [0, 0.05) is 5.69 Å². The number of carboxylic acid groups (broad SMARTS) is 1. The van der Waals surface area contributed by atoms with E-state index in [0.717, 1.165) is 17.7 Å². The summed E-state index contributed by atoms with van der Waals surface area (Å²) >= 11 is 0. The first-order valence-electron chi connectivity index (χ1n) is 7.01. The number of hydrogen-bond donors (Lipinski definition) is 2. The van der Waals surface area contributed by atoms with Gasteiger partial charge in [0.05, 0.1) is 23.1 Å². The lowest BCUT2D eigenvalue weighted by Gasteiger charge is -2.19. The fourth-order valence-corrected chi connectivity index (χ4v) is 3.31. The third kappa shape index (κ3) is 2.07. The maximum absolute atomic E-state index is 12.5. The number of fused-ring (bicyclic) bond motifs is 1. The molecule has 2 amide bonds. The molecule has 0 spiro atoms. The van der Waals surface area contributed by atoms with E-state index in [1.165, 1.54) is 18.2 Å². The average molecular weight is 288 g/mol. The minimum atomic E-state index is -1.18. The van der Waals surface area contributed by atoms with Gasteiger partial charge in [-0.05, 0) is 31.0 Å². The van der Waals surface area contributed by atoms with Crippen LogP contribution in [-0.2, 0) is 9.59 Å². The van der Waals surface area contributed by atoms with Crippen LogP contribution in [0.4, 0.5) is 11.4 Å². The normalized spacial score (nSPS) is 25.0. The standard InChI is InChI=1S/C15H16N2O4/c16-8-5-6-11(15(20)21)12(7-8)17-13(18)9-3-1-2-4-10(9)14(17)19/h5-7,9-10H,1-4,16H2,(H,20,21). The van der Waals surface area contributed by atoms with Gasteiger partial charge in [-0.15, -0.1) is 0 Å². The topological polar surface area (TPSA) is 101 Å². The molecule has 2 unspecified atom stereocenters. The number of nitrogens with zero attached hydrogens (tertiary/aromatic N) is 1. The van der Waals surface area contributed by atoms with Crippen molar-refractivity contribution in [1.29, 1.82) is 0 Å². The van der Waals surface area contributed by atoms with Crippen LogP contribution < -0.4 is 10.6 Å². The van der Waals surface area contributed by atoms with E-state index in [0.29, 0.717) is 18.5 Å². The average Bonchev–Trinajstić information content (AvgIpc) is 2.71. The van der Waals surface area contributed by atoms with Gasteiger partial charge in [-0.3, -0.25) is 9.59 Å². The lowest BCUT2D eigenvalue weighted by molar-refractivity contribution is -0.122. The number of carbonyl (C=O) groups excluding carboxylic acids is 2. The summed E-state index contributed by atoms with van der Waals surface area (Å²) in [6.07, 6.45) is 3.24. The smallest absolute Gasteiger partial charge is 0.337 e. The Bertz CT molecular complexity index is 617. The molecule has 2 atom stereocenters. The third-order valence-electron chi connectivity index (χ3n) is 4.33. The Hall–Kier alpha value is -2.37. The Morgan fingerprint density at radius 3 is 2.24 bits per heavy atom. The summed E-state index contributed by atoms with van der Waals surface area (Å²) in [5.41, 5.74) is 6.03. The van der Waals surface area contributed by atoms with Crippen LogP contribution in [0.2, 0.25) is 0 Å². The largest absolute Gasteiger partial charge is 0.478 e. The highest BCUT2D eigenvalue weighted by molar-refractivity contribution is 6.24. The first-order chi connectivity index (χ1) is 10.0. The van der Waals surface area contributed by atoms with E-state index < -0.39 is 5.97 Å². The van der Waals surface area contributed by atoms with Crippen molar-refractivity contribution < 1.29 is 19.5 Å².